The van der Waals surface area contributed by atoms with Gasteiger partial charge in [0, 0.05) is 31.4 Å². The van der Waals surface area contributed by atoms with Gasteiger partial charge in [-0.05, 0) is 86.8 Å². The summed E-state index contributed by atoms with van der Waals surface area (Å²) in [4.78, 5) is 25.3. The molecule has 3 aromatic carbocycles. The van der Waals surface area contributed by atoms with Gasteiger partial charge in [-0.15, -0.1) is 0 Å². The molecule has 5 rings (SSSR count). The van der Waals surface area contributed by atoms with Crippen LogP contribution in [0.2, 0.25) is 0 Å². The van der Waals surface area contributed by atoms with E-state index in [1.54, 1.807) is 18.2 Å². The van der Waals surface area contributed by atoms with Gasteiger partial charge in [0.25, 0.3) is 0 Å². The van der Waals surface area contributed by atoms with Crippen LogP contribution in [0.25, 0.3) is 11.1 Å². The van der Waals surface area contributed by atoms with Crippen molar-refractivity contribution in [3.05, 3.63) is 102 Å². The van der Waals surface area contributed by atoms with Gasteiger partial charge in [-0.2, -0.15) is 0 Å². The number of esters is 2. The van der Waals surface area contributed by atoms with Gasteiger partial charge in [-0.3, -0.25) is 4.79 Å². The Morgan fingerprint density at radius 1 is 0.980 bits per heavy atom. The van der Waals surface area contributed by atoms with Gasteiger partial charge in [0.05, 0.1) is 17.8 Å². The van der Waals surface area contributed by atoms with Crippen molar-refractivity contribution >= 4 is 11.9 Å². The maximum atomic E-state index is 14.0. The van der Waals surface area contributed by atoms with E-state index in [9.17, 15) is 23.5 Å². The van der Waals surface area contributed by atoms with Crippen molar-refractivity contribution in [1.82, 2.24) is 0 Å². The second-order valence-corrected chi connectivity index (χ2v) is 13.3. The first kappa shape index (κ1) is 36.2. The van der Waals surface area contributed by atoms with Crippen molar-refractivity contribution in [3.8, 4) is 16.9 Å². The van der Waals surface area contributed by atoms with E-state index >= 15 is 0 Å². The largest absolute Gasteiger partial charge is 0.487 e. The van der Waals surface area contributed by atoms with E-state index in [4.69, 9.17) is 18.9 Å². The Morgan fingerprint density at radius 2 is 1.73 bits per heavy atom. The molecule has 1 saturated carbocycles. The highest BCUT2D eigenvalue weighted by Crippen LogP contribution is 2.43. The van der Waals surface area contributed by atoms with Gasteiger partial charge in [-0.25, -0.2) is 13.6 Å². The third kappa shape index (κ3) is 10.5. The fraction of sp³-hybridized carbons (Fsp3) is 0.450. The highest BCUT2D eigenvalue weighted by atomic mass is 19.1. The average molecular weight is 677 g/mol. The van der Waals surface area contributed by atoms with Gasteiger partial charge in [0.15, 0.2) is 11.6 Å². The number of ether oxygens (including phenoxy) is 4. The summed E-state index contributed by atoms with van der Waals surface area (Å²) in [5.41, 5.74) is 2.49. The fourth-order valence-corrected chi connectivity index (χ4v) is 6.78. The van der Waals surface area contributed by atoms with Crippen LogP contribution in [0.5, 0.6) is 5.75 Å². The third-order valence-electron chi connectivity index (χ3n) is 9.27. The van der Waals surface area contributed by atoms with Gasteiger partial charge >= 0.3 is 11.9 Å². The van der Waals surface area contributed by atoms with Gasteiger partial charge in [-0.1, -0.05) is 61.0 Å². The summed E-state index contributed by atoms with van der Waals surface area (Å²) in [6, 6.07) is 20.1. The van der Waals surface area contributed by atoms with Gasteiger partial charge in [0.1, 0.15) is 24.6 Å². The summed E-state index contributed by atoms with van der Waals surface area (Å²) in [6.45, 7) is 4.00. The molecule has 1 saturated heterocycles. The zero-order valence-corrected chi connectivity index (χ0v) is 28.1. The Labute approximate surface area is 287 Å². The predicted octanol–water partition coefficient (Wildman–Crippen LogP) is 8.10. The lowest BCUT2D eigenvalue weighted by Crippen LogP contribution is -2.25. The Bertz CT molecular complexity index is 1540. The van der Waals surface area contributed by atoms with Crippen LogP contribution in [0, 0.1) is 29.4 Å². The first-order valence-corrected chi connectivity index (χ1v) is 17.3. The number of fused-ring (bicyclic) bond motifs is 1. The van der Waals surface area contributed by atoms with Gasteiger partial charge in [0.2, 0.25) is 0 Å². The lowest BCUT2D eigenvalue weighted by molar-refractivity contribution is -0.147. The molecule has 1 heterocycles. The van der Waals surface area contributed by atoms with Crippen LogP contribution in [0.15, 0.2) is 84.9 Å². The smallest absolute Gasteiger partial charge is 0.338 e. The number of halogens is 2. The average Bonchev–Trinajstić information content (AvgIpc) is 3.28. The summed E-state index contributed by atoms with van der Waals surface area (Å²) in [5, 5.41) is 10.7. The molecule has 2 aliphatic rings. The highest BCUT2D eigenvalue weighted by Gasteiger charge is 2.46. The van der Waals surface area contributed by atoms with Crippen molar-refractivity contribution in [2.45, 2.75) is 83.2 Å². The Balaban J connectivity index is 1.23. The minimum Gasteiger partial charge on any atom is -0.487 e. The third-order valence-corrected chi connectivity index (χ3v) is 9.27. The summed E-state index contributed by atoms with van der Waals surface area (Å²) < 4.78 is 50.8. The molecule has 6 atom stereocenters. The summed E-state index contributed by atoms with van der Waals surface area (Å²) >= 11 is 0. The number of rotatable bonds is 14. The highest BCUT2D eigenvalue weighted by molar-refractivity contribution is 5.90. The lowest BCUT2D eigenvalue weighted by Gasteiger charge is -2.23. The maximum absolute atomic E-state index is 14.0. The predicted molar refractivity (Wildman–Crippen MR) is 182 cm³/mol. The molecular weight excluding hydrogens is 630 g/mol. The molecular formula is C40H46F2O7. The van der Waals surface area contributed by atoms with E-state index in [1.165, 1.54) is 0 Å². The number of carbonyl (C=O) groups excluding carboxylic acids is 2. The van der Waals surface area contributed by atoms with E-state index in [0.29, 0.717) is 30.9 Å². The SMILES string of the molecule is CC(C)OC(=O)CCCC[C@H]1CC[C@@H]2[C@@H](/C=C/[C@@H](O)COc3cc(F)ccc3F)[C@H](OC(=O)c3ccc(-c4ccccc4)cc3)C[C@@H]2OC1. The van der Waals surface area contributed by atoms with E-state index in [0.717, 1.165) is 61.4 Å². The zero-order chi connectivity index (χ0) is 34.8. The van der Waals surface area contributed by atoms with E-state index < -0.39 is 29.8 Å². The lowest BCUT2D eigenvalue weighted by atomic mass is 9.86. The molecule has 1 N–H and O–H groups in total. The van der Waals surface area contributed by atoms with Crippen LogP contribution in [-0.4, -0.2) is 54.7 Å². The van der Waals surface area contributed by atoms with Crippen molar-refractivity contribution in [2.24, 2.45) is 17.8 Å². The molecule has 49 heavy (non-hydrogen) atoms. The fourth-order valence-electron chi connectivity index (χ4n) is 6.78. The first-order valence-electron chi connectivity index (χ1n) is 17.3. The van der Waals surface area contributed by atoms with Crippen LogP contribution in [0.4, 0.5) is 8.78 Å². The Kier molecular flexibility index (Phi) is 13.0. The molecule has 9 heteroatoms. The minimum atomic E-state index is -1.11. The second kappa shape index (κ2) is 17.5. The molecule has 1 aliphatic carbocycles. The van der Waals surface area contributed by atoms with Crippen molar-refractivity contribution < 1.29 is 42.4 Å². The molecule has 2 fully saturated rings. The summed E-state index contributed by atoms with van der Waals surface area (Å²) in [7, 11) is 0. The molecule has 0 bridgehead atoms. The molecule has 0 aromatic heterocycles. The summed E-state index contributed by atoms with van der Waals surface area (Å²) in [6.07, 6.45) is 6.89. The molecule has 7 nitrogen and oxygen atoms in total. The first-order chi connectivity index (χ1) is 23.7. The number of hydrogen-bond donors (Lipinski definition) is 1. The Hall–Kier alpha value is -4.08. The molecule has 1 aliphatic heterocycles. The molecule has 3 aromatic rings. The van der Waals surface area contributed by atoms with Crippen LogP contribution >= 0.6 is 0 Å². The number of carbonyl (C=O) groups is 2. The molecule has 0 spiro atoms. The van der Waals surface area contributed by atoms with Gasteiger partial charge < -0.3 is 24.1 Å². The standard InChI is InChI=1S/C40H46F2O7/c1-26(2)48-39(44)11-7-6-8-27-12-19-33-34(20-18-32(43)25-47-38-22-31(41)17-21-35(38)42)37(23-36(33)46-24-27)49-40(45)30-15-13-29(14-16-30)28-9-4-3-5-10-28/h3-5,9-10,13-18,20-22,26-27,32-34,36-37,43H,6-8,11-12,19,23-25H2,1-2H3/b20-18+/t27-,32+,33+,34+,36-,37+/m0/s1. The Morgan fingerprint density at radius 3 is 2.49 bits per heavy atom. The van der Waals surface area contributed by atoms with E-state index in [1.807, 2.05) is 62.4 Å². The number of aliphatic hydroxyl groups excluding tert-OH is 1. The number of aliphatic hydroxyl groups is 1. The number of unbranched alkanes of at least 4 members (excludes halogenated alkanes) is 1. The van der Waals surface area contributed by atoms with Crippen molar-refractivity contribution in [1.29, 1.82) is 0 Å². The maximum Gasteiger partial charge on any atom is 0.338 e. The van der Waals surface area contributed by atoms with Crippen LogP contribution in [0.3, 0.4) is 0 Å². The van der Waals surface area contributed by atoms with Crippen LogP contribution < -0.4 is 4.74 Å². The quantitative estimate of drug-likeness (QED) is 0.105. The number of hydrogen-bond acceptors (Lipinski definition) is 7. The molecule has 262 valence electrons. The molecule has 0 amide bonds. The second-order valence-electron chi connectivity index (χ2n) is 13.3. The minimum absolute atomic E-state index is 0.0503. The van der Waals surface area contributed by atoms with Crippen molar-refractivity contribution in [2.75, 3.05) is 13.2 Å². The van der Waals surface area contributed by atoms with Crippen LogP contribution in [0.1, 0.15) is 69.2 Å². The van der Waals surface area contributed by atoms with E-state index in [2.05, 4.69) is 0 Å². The normalized spacial score (nSPS) is 22.8. The summed E-state index contributed by atoms with van der Waals surface area (Å²) in [5.74, 6) is -2.08. The van der Waals surface area contributed by atoms with Crippen molar-refractivity contribution in [3.63, 3.8) is 0 Å². The number of benzene rings is 3. The molecule has 0 unspecified atom stereocenters. The monoisotopic (exact) mass is 676 g/mol. The van der Waals surface area contributed by atoms with Crippen LogP contribution in [-0.2, 0) is 19.0 Å². The van der Waals surface area contributed by atoms with E-state index in [-0.39, 0.29) is 42.4 Å². The topological polar surface area (TPSA) is 91.3 Å². The molecule has 0 radical (unpaired) electrons. The zero-order valence-electron chi connectivity index (χ0n) is 28.1.